The maximum atomic E-state index is 5.45. The molecular weight excluding hydrogens is 112 g/mol. The molecule has 0 amide bonds. The summed E-state index contributed by atoms with van der Waals surface area (Å²) in [6.45, 7) is 1.86. The van der Waals surface area contributed by atoms with Crippen LogP contribution >= 0.6 is 11.6 Å². The highest BCUT2D eigenvalue weighted by Gasteiger charge is 2.01. The van der Waals surface area contributed by atoms with Gasteiger partial charge in [-0.1, -0.05) is 11.6 Å². The van der Waals surface area contributed by atoms with Crippen LogP contribution < -0.4 is 5.43 Å². The molecule has 0 spiro atoms. The molecule has 0 unspecified atom stereocenters. The van der Waals surface area contributed by atoms with Crippen LogP contribution in [-0.4, -0.2) is 6.21 Å². The van der Waals surface area contributed by atoms with Gasteiger partial charge in [0.15, 0.2) is 5.16 Å². The summed E-state index contributed by atoms with van der Waals surface area (Å²) >= 11 is 5.45. The lowest BCUT2D eigenvalue weighted by atomic mass is 10.4. The average molecular weight is 116 g/mol. The van der Waals surface area contributed by atoms with Crippen molar-refractivity contribution < 1.29 is 0 Å². The van der Waals surface area contributed by atoms with Crippen LogP contribution in [0.5, 0.6) is 0 Å². The van der Waals surface area contributed by atoms with Gasteiger partial charge in [0.1, 0.15) is 0 Å². The molecule has 0 bridgehead atoms. The zero-order valence-corrected chi connectivity index (χ0v) is 4.61. The molecule has 0 N–H and O–H groups in total. The molecule has 0 atom stereocenters. The molecule has 0 aromatic carbocycles. The van der Waals surface area contributed by atoms with E-state index in [1.807, 2.05) is 6.92 Å². The van der Waals surface area contributed by atoms with Gasteiger partial charge in [0.25, 0.3) is 0 Å². The van der Waals surface area contributed by atoms with Crippen LogP contribution in [0.2, 0.25) is 0 Å². The molecule has 7 heavy (non-hydrogen) atoms. The lowest BCUT2D eigenvalue weighted by Gasteiger charge is -1.80. The van der Waals surface area contributed by atoms with Gasteiger partial charge in [-0.3, -0.25) is 0 Å². The standard InChI is InChI=1S/C4H4ClN2/c1-3-2-6-7-4(3)5/h2H,1H3. The fraction of sp³-hybridized carbons (Fsp3) is 0.250. The predicted molar refractivity (Wildman–Crippen MR) is 29.2 cm³/mol. The summed E-state index contributed by atoms with van der Waals surface area (Å²) in [4.78, 5) is 0. The summed E-state index contributed by atoms with van der Waals surface area (Å²) in [6.07, 6.45) is 1.63. The number of allylic oxidation sites excluding steroid dienone is 1. The fourth-order valence-corrected chi connectivity index (χ4v) is 0.391. The molecule has 1 heterocycles. The quantitative estimate of drug-likeness (QED) is 0.422. The molecule has 1 aliphatic rings. The van der Waals surface area contributed by atoms with Gasteiger partial charge in [0.05, 0.1) is 6.21 Å². The van der Waals surface area contributed by atoms with Gasteiger partial charge in [0, 0.05) is 5.57 Å². The van der Waals surface area contributed by atoms with Gasteiger partial charge in [-0.05, 0) is 6.92 Å². The second kappa shape index (κ2) is 1.54. The third-order valence-electron chi connectivity index (χ3n) is 0.722. The normalized spacial score (nSPS) is 18.0. The van der Waals surface area contributed by atoms with Crippen molar-refractivity contribution in [2.45, 2.75) is 6.92 Å². The van der Waals surface area contributed by atoms with Crippen LogP contribution in [0.1, 0.15) is 6.92 Å². The summed E-state index contributed by atoms with van der Waals surface area (Å²) in [5.74, 6) is 0. The molecule has 37 valence electrons. The summed E-state index contributed by atoms with van der Waals surface area (Å²) in [7, 11) is 0. The first-order valence-corrected chi connectivity index (χ1v) is 2.29. The molecule has 2 nitrogen and oxygen atoms in total. The van der Waals surface area contributed by atoms with Crippen LogP contribution in [0, 0.1) is 0 Å². The van der Waals surface area contributed by atoms with Crippen LogP contribution in [0.15, 0.2) is 15.8 Å². The van der Waals surface area contributed by atoms with E-state index in [9.17, 15) is 0 Å². The van der Waals surface area contributed by atoms with Crippen molar-refractivity contribution >= 4 is 17.8 Å². The van der Waals surface area contributed by atoms with Gasteiger partial charge in [-0.2, -0.15) is 5.10 Å². The van der Waals surface area contributed by atoms with E-state index in [1.165, 1.54) is 0 Å². The number of nitrogens with zero attached hydrogens (tertiary/aromatic N) is 2. The SMILES string of the molecule is CC1=C(Cl)[N]N=C1. The van der Waals surface area contributed by atoms with Gasteiger partial charge in [-0.25, -0.2) is 0 Å². The van der Waals surface area contributed by atoms with Gasteiger partial charge in [0.2, 0.25) is 0 Å². The van der Waals surface area contributed by atoms with Crippen LogP contribution in [0.4, 0.5) is 0 Å². The van der Waals surface area contributed by atoms with E-state index >= 15 is 0 Å². The molecule has 0 aliphatic carbocycles. The smallest absolute Gasteiger partial charge is 0.156 e. The minimum Gasteiger partial charge on any atom is -0.157 e. The third-order valence-corrected chi connectivity index (χ3v) is 1.10. The number of rotatable bonds is 0. The van der Waals surface area contributed by atoms with Crippen molar-refractivity contribution in [1.82, 2.24) is 5.43 Å². The van der Waals surface area contributed by atoms with Crippen molar-refractivity contribution in [3.05, 3.63) is 10.7 Å². The highest BCUT2D eigenvalue weighted by molar-refractivity contribution is 6.31. The zero-order chi connectivity index (χ0) is 5.28. The summed E-state index contributed by atoms with van der Waals surface area (Å²) in [5.41, 5.74) is 4.46. The first-order valence-electron chi connectivity index (χ1n) is 1.91. The monoisotopic (exact) mass is 115 g/mol. The molecule has 0 aromatic heterocycles. The van der Waals surface area contributed by atoms with E-state index in [0.717, 1.165) is 5.57 Å². The Morgan fingerprint density at radius 2 is 2.43 bits per heavy atom. The van der Waals surface area contributed by atoms with Crippen LogP contribution in [0.25, 0.3) is 0 Å². The van der Waals surface area contributed by atoms with Gasteiger partial charge >= 0.3 is 0 Å². The Balaban J connectivity index is 2.79. The van der Waals surface area contributed by atoms with Crippen molar-refractivity contribution in [2.75, 3.05) is 0 Å². The number of hydrogen-bond donors (Lipinski definition) is 0. The first-order chi connectivity index (χ1) is 3.30. The van der Waals surface area contributed by atoms with Gasteiger partial charge in [-0.15, -0.1) is 5.43 Å². The lowest BCUT2D eigenvalue weighted by molar-refractivity contribution is 0.951. The molecular formula is C4H4ClN2. The van der Waals surface area contributed by atoms with Crippen molar-refractivity contribution in [2.24, 2.45) is 5.10 Å². The molecule has 0 aromatic rings. The summed E-state index contributed by atoms with van der Waals surface area (Å²) in [6, 6.07) is 0. The largest absolute Gasteiger partial charge is 0.157 e. The first kappa shape index (κ1) is 4.65. The molecule has 0 saturated carbocycles. The maximum absolute atomic E-state index is 5.45. The minimum absolute atomic E-state index is 0.500. The fourth-order valence-electron chi connectivity index (χ4n) is 0.298. The zero-order valence-electron chi connectivity index (χ0n) is 3.85. The maximum Gasteiger partial charge on any atom is 0.156 e. The Labute approximate surface area is 46.9 Å². The summed E-state index contributed by atoms with van der Waals surface area (Å²) < 4.78 is 0. The van der Waals surface area contributed by atoms with Crippen molar-refractivity contribution in [3.63, 3.8) is 0 Å². The predicted octanol–water partition coefficient (Wildman–Crippen LogP) is 1.06. The van der Waals surface area contributed by atoms with E-state index < -0.39 is 0 Å². The van der Waals surface area contributed by atoms with Crippen molar-refractivity contribution in [1.29, 1.82) is 0 Å². The van der Waals surface area contributed by atoms with E-state index in [0.29, 0.717) is 5.16 Å². The topological polar surface area (TPSA) is 26.5 Å². The third kappa shape index (κ3) is 0.747. The molecule has 0 fully saturated rings. The second-order valence-corrected chi connectivity index (χ2v) is 1.68. The Hall–Kier alpha value is -0.500. The highest BCUT2D eigenvalue weighted by atomic mass is 35.5. The molecule has 1 rings (SSSR count). The van der Waals surface area contributed by atoms with Crippen LogP contribution in [-0.2, 0) is 0 Å². The number of halogens is 1. The Morgan fingerprint density at radius 1 is 1.71 bits per heavy atom. The highest BCUT2D eigenvalue weighted by Crippen LogP contribution is 2.08. The van der Waals surface area contributed by atoms with Crippen molar-refractivity contribution in [3.8, 4) is 0 Å². The Morgan fingerprint density at radius 3 is 2.57 bits per heavy atom. The van der Waals surface area contributed by atoms with E-state index in [4.69, 9.17) is 11.6 Å². The summed E-state index contributed by atoms with van der Waals surface area (Å²) in [5, 5.41) is 4.04. The van der Waals surface area contributed by atoms with Gasteiger partial charge < -0.3 is 0 Å². The Kier molecular flexibility index (Phi) is 1.02. The van der Waals surface area contributed by atoms with E-state index in [-0.39, 0.29) is 0 Å². The molecule has 1 radical (unpaired) electrons. The molecule has 1 aliphatic heterocycles. The number of hydrogen-bond acceptors (Lipinski definition) is 1. The lowest BCUT2D eigenvalue weighted by Crippen LogP contribution is -1.81. The van der Waals surface area contributed by atoms with Crippen LogP contribution in [0.3, 0.4) is 0 Å². The minimum atomic E-state index is 0.500. The second-order valence-electron chi connectivity index (χ2n) is 1.32. The molecule has 0 saturated heterocycles. The average Bonchev–Trinajstić information content (AvgIpc) is 1.91. The molecule has 3 heteroatoms. The Bertz CT molecular complexity index is 137. The van der Waals surface area contributed by atoms with E-state index in [2.05, 4.69) is 10.5 Å². The van der Waals surface area contributed by atoms with E-state index in [1.54, 1.807) is 6.21 Å².